The molecule has 0 spiro atoms. The van der Waals surface area contributed by atoms with Crippen LogP contribution in [-0.4, -0.2) is 9.97 Å². The van der Waals surface area contributed by atoms with Crippen molar-refractivity contribution in [3.63, 3.8) is 0 Å². The zero-order chi connectivity index (χ0) is 28.2. The number of para-hydroxylation sites is 1. The maximum absolute atomic E-state index is 5.48. The van der Waals surface area contributed by atoms with Gasteiger partial charge >= 0.3 is 0 Å². The first kappa shape index (κ1) is 30.2. The van der Waals surface area contributed by atoms with E-state index in [1.54, 1.807) is 16.7 Å². The Labute approximate surface area is 244 Å². The van der Waals surface area contributed by atoms with Crippen molar-refractivity contribution in [3.05, 3.63) is 70.8 Å². The topological polar surface area (TPSA) is 25.8 Å². The molecule has 0 saturated carbocycles. The third-order valence-electron chi connectivity index (χ3n) is 8.55. The number of nitrogens with zero attached hydrogens (tertiary/aromatic N) is 2. The molecule has 2 aromatic carbocycles. The van der Waals surface area contributed by atoms with Crippen molar-refractivity contribution in [2.24, 2.45) is 0 Å². The molecular weight excluding hydrogens is 484 g/mol. The zero-order valence-electron chi connectivity index (χ0n) is 25.8. The van der Waals surface area contributed by atoms with E-state index in [9.17, 15) is 0 Å². The van der Waals surface area contributed by atoms with Crippen LogP contribution >= 0.6 is 0 Å². The number of pyridine rings is 2. The Hall–Kier alpha value is -2.74. The first-order valence-corrected chi connectivity index (χ1v) is 16.5. The van der Waals surface area contributed by atoms with Crippen LogP contribution in [-0.2, 0) is 25.7 Å². The van der Waals surface area contributed by atoms with Gasteiger partial charge in [0.25, 0.3) is 0 Å². The lowest BCUT2D eigenvalue weighted by Gasteiger charge is -2.22. The molecule has 214 valence electrons. The lowest BCUT2D eigenvalue weighted by molar-refractivity contribution is 0.689. The second-order valence-electron chi connectivity index (χ2n) is 11.7. The Morgan fingerprint density at radius 3 is 1.75 bits per heavy atom. The molecule has 0 unspecified atom stereocenters. The van der Waals surface area contributed by atoms with Gasteiger partial charge in [0.1, 0.15) is 0 Å². The summed E-state index contributed by atoms with van der Waals surface area (Å²) in [6, 6.07) is 17.7. The quantitative estimate of drug-likeness (QED) is 0.125. The molecule has 2 heteroatoms. The number of unbranched alkanes of at least 4 members (excludes halogenated alkanes) is 8. The summed E-state index contributed by atoms with van der Waals surface area (Å²) in [6.45, 7) is 9.25. The molecule has 0 aliphatic heterocycles. The highest BCUT2D eigenvalue weighted by Crippen LogP contribution is 2.36. The summed E-state index contributed by atoms with van der Waals surface area (Å²) in [5.74, 6) is 0. The van der Waals surface area contributed by atoms with Crippen LogP contribution in [0, 0.1) is 0 Å². The fourth-order valence-electron chi connectivity index (χ4n) is 6.29. The van der Waals surface area contributed by atoms with E-state index in [1.807, 2.05) is 0 Å². The van der Waals surface area contributed by atoms with Gasteiger partial charge in [0.15, 0.2) is 0 Å². The van der Waals surface area contributed by atoms with Crippen LogP contribution in [0.4, 0.5) is 0 Å². The van der Waals surface area contributed by atoms with Gasteiger partial charge in [-0.05, 0) is 91.8 Å². The highest BCUT2D eigenvalue weighted by Gasteiger charge is 2.21. The van der Waals surface area contributed by atoms with Crippen LogP contribution in [0.15, 0.2) is 48.5 Å². The van der Waals surface area contributed by atoms with E-state index in [0.717, 1.165) is 29.7 Å². The minimum atomic E-state index is 1.03. The summed E-state index contributed by atoms with van der Waals surface area (Å²) in [5, 5.41) is 2.69. The average molecular weight is 537 g/mol. The SMILES string of the molecule is CCCCCc1ccc2nc(-c3ccc4ccccc4n3)c(CCCCC)c(CCCCC)c2c1CCCCC. The summed E-state index contributed by atoms with van der Waals surface area (Å²) in [4.78, 5) is 10.7. The Balaban J connectivity index is 1.96. The van der Waals surface area contributed by atoms with E-state index < -0.39 is 0 Å². The van der Waals surface area contributed by atoms with E-state index in [0.29, 0.717) is 0 Å². The molecule has 0 atom stereocenters. The lowest BCUT2D eigenvalue weighted by Crippen LogP contribution is -2.08. The molecule has 0 saturated heterocycles. The molecule has 0 fully saturated rings. The van der Waals surface area contributed by atoms with Gasteiger partial charge < -0.3 is 0 Å². The smallest absolute Gasteiger partial charge is 0.0928 e. The fraction of sp³-hybridized carbons (Fsp3) is 0.526. The third-order valence-corrected chi connectivity index (χ3v) is 8.55. The largest absolute Gasteiger partial charge is 0.246 e. The van der Waals surface area contributed by atoms with Crippen molar-refractivity contribution in [2.45, 2.75) is 130 Å². The maximum atomic E-state index is 5.48. The van der Waals surface area contributed by atoms with Crippen LogP contribution in [0.1, 0.15) is 127 Å². The van der Waals surface area contributed by atoms with Crippen LogP contribution in [0.5, 0.6) is 0 Å². The molecule has 4 aromatic rings. The van der Waals surface area contributed by atoms with E-state index in [-0.39, 0.29) is 0 Å². The predicted molar refractivity (Wildman–Crippen MR) is 175 cm³/mol. The molecule has 40 heavy (non-hydrogen) atoms. The number of benzene rings is 2. The summed E-state index contributed by atoms with van der Waals surface area (Å²) >= 11 is 0. The van der Waals surface area contributed by atoms with Gasteiger partial charge in [0.05, 0.1) is 22.4 Å². The van der Waals surface area contributed by atoms with Crippen molar-refractivity contribution >= 4 is 21.8 Å². The van der Waals surface area contributed by atoms with Crippen LogP contribution in [0.3, 0.4) is 0 Å². The number of aromatic nitrogens is 2. The first-order chi connectivity index (χ1) is 19.7. The second-order valence-corrected chi connectivity index (χ2v) is 11.7. The van der Waals surface area contributed by atoms with Crippen LogP contribution in [0.2, 0.25) is 0 Å². The molecular formula is C38H52N2. The monoisotopic (exact) mass is 536 g/mol. The standard InChI is InChI=1S/C38H52N2/c1-5-9-13-19-29-25-27-35-37(31(29)21-14-10-6-2)32(22-15-11-7-3)33(23-16-12-8-4)38(40-35)36-28-26-30-20-17-18-24-34(30)39-36/h17-18,20,24-28H,5-16,19,21-23H2,1-4H3. The Bertz CT molecular complexity index is 1350. The summed E-state index contributed by atoms with van der Waals surface area (Å²) in [5.41, 5.74) is 10.6. The van der Waals surface area contributed by atoms with Crippen molar-refractivity contribution in [3.8, 4) is 11.4 Å². The number of hydrogen-bond donors (Lipinski definition) is 0. The Morgan fingerprint density at radius 1 is 0.475 bits per heavy atom. The third kappa shape index (κ3) is 7.50. The molecule has 2 nitrogen and oxygen atoms in total. The number of fused-ring (bicyclic) bond motifs is 2. The highest BCUT2D eigenvalue weighted by molar-refractivity contribution is 5.91. The number of hydrogen-bond acceptors (Lipinski definition) is 2. The minimum absolute atomic E-state index is 1.03. The Morgan fingerprint density at radius 2 is 1.07 bits per heavy atom. The van der Waals surface area contributed by atoms with Crippen molar-refractivity contribution in [1.29, 1.82) is 0 Å². The van der Waals surface area contributed by atoms with Crippen LogP contribution < -0.4 is 0 Å². The number of rotatable bonds is 17. The van der Waals surface area contributed by atoms with E-state index in [4.69, 9.17) is 9.97 Å². The summed E-state index contributed by atoms with van der Waals surface area (Å²) < 4.78 is 0. The van der Waals surface area contributed by atoms with Crippen molar-refractivity contribution in [1.82, 2.24) is 9.97 Å². The van der Waals surface area contributed by atoms with Gasteiger partial charge in [0, 0.05) is 10.8 Å². The van der Waals surface area contributed by atoms with E-state index in [2.05, 4.69) is 76.2 Å². The normalized spacial score (nSPS) is 11.6. The molecule has 0 bridgehead atoms. The number of aryl methyl sites for hydroxylation is 3. The van der Waals surface area contributed by atoms with Crippen LogP contribution in [0.25, 0.3) is 33.2 Å². The summed E-state index contributed by atoms with van der Waals surface area (Å²) in [6.07, 6.45) is 19.8. The molecule has 4 rings (SSSR count). The maximum Gasteiger partial charge on any atom is 0.0928 e. The molecule has 0 aliphatic carbocycles. The fourth-order valence-corrected chi connectivity index (χ4v) is 6.29. The van der Waals surface area contributed by atoms with Gasteiger partial charge in [-0.3, -0.25) is 0 Å². The molecule has 0 amide bonds. The molecule has 0 radical (unpaired) electrons. The van der Waals surface area contributed by atoms with Gasteiger partial charge in [-0.1, -0.05) is 109 Å². The van der Waals surface area contributed by atoms with Gasteiger partial charge in [-0.25, -0.2) is 9.97 Å². The van der Waals surface area contributed by atoms with Gasteiger partial charge in [-0.2, -0.15) is 0 Å². The zero-order valence-corrected chi connectivity index (χ0v) is 25.8. The lowest BCUT2D eigenvalue weighted by atomic mass is 9.85. The first-order valence-electron chi connectivity index (χ1n) is 16.5. The minimum Gasteiger partial charge on any atom is -0.246 e. The Kier molecular flexibility index (Phi) is 12.0. The highest BCUT2D eigenvalue weighted by atomic mass is 14.8. The molecule has 2 aromatic heterocycles. The average Bonchev–Trinajstić information content (AvgIpc) is 2.98. The second kappa shape index (κ2) is 15.9. The summed E-state index contributed by atoms with van der Waals surface area (Å²) in [7, 11) is 0. The molecule has 0 N–H and O–H groups in total. The van der Waals surface area contributed by atoms with Gasteiger partial charge in [0.2, 0.25) is 0 Å². The van der Waals surface area contributed by atoms with Crippen molar-refractivity contribution < 1.29 is 0 Å². The molecule has 2 heterocycles. The van der Waals surface area contributed by atoms with Gasteiger partial charge in [-0.15, -0.1) is 0 Å². The van der Waals surface area contributed by atoms with E-state index in [1.165, 1.54) is 112 Å². The molecule has 0 aliphatic rings. The predicted octanol–water partition coefficient (Wildman–Crippen LogP) is 11.4. The van der Waals surface area contributed by atoms with E-state index >= 15 is 0 Å². The van der Waals surface area contributed by atoms with Crippen molar-refractivity contribution in [2.75, 3.05) is 0 Å².